The second-order valence-corrected chi connectivity index (χ2v) is 6.31. The number of hydrogen-bond acceptors (Lipinski definition) is 1. The van der Waals surface area contributed by atoms with Crippen LogP contribution in [0.1, 0.15) is 16.7 Å². The number of halogens is 12. The Morgan fingerprint density at radius 2 is 1.17 bits per heavy atom. The summed E-state index contributed by atoms with van der Waals surface area (Å²) >= 11 is 15.1. The summed E-state index contributed by atoms with van der Waals surface area (Å²) in [5, 5.41) is -2.03. The van der Waals surface area contributed by atoms with Gasteiger partial charge in [0.05, 0.1) is 16.7 Å². The van der Waals surface area contributed by atoms with E-state index in [4.69, 9.17) is 34.8 Å². The van der Waals surface area contributed by atoms with E-state index < -0.39 is 61.5 Å². The van der Waals surface area contributed by atoms with E-state index in [0.717, 1.165) is 0 Å². The largest absolute Gasteiger partial charge is 0.380 e. The third kappa shape index (κ3) is 2.02. The van der Waals surface area contributed by atoms with E-state index in [1.807, 2.05) is 0 Å². The summed E-state index contributed by atoms with van der Waals surface area (Å²) in [5.41, 5.74) is -7.98. The summed E-state index contributed by atoms with van der Waals surface area (Å²) in [4.78, 5) is 11.0. The van der Waals surface area contributed by atoms with Crippen molar-refractivity contribution >= 4 is 40.0 Å². The quantitative estimate of drug-likeness (QED) is 0.271. The predicted molar refractivity (Wildman–Crippen MR) is 63.3 cm³/mol. The van der Waals surface area contributed by atoms with Crippen LogP contribution in [0.4, 0.5) is 39.5 Å². The Morgan fingerprint density at radius 3 is 1.54 bits per heavy atom. The number of rotatable bonds is 2. The van der Waals surface area contributed by atoms with Gasteiger partial charge in [-0.25, -0.2) is 13.2 Å². The van der Waals surface area contributed by atoms with Gasteiger partial charge >= 0.3 is 17.8 Å². The van der Waals surface area contributed by atoms with Crippen LogP contribution in [0.5, 0.6) is 0 Å². The molecule has 1 aromatic rings. The summed E-state index contributed by atoms with van der Waals surface area (Å²) in [6.07, 6.45) is 0. The monoisotopic (exact) mass is 424 g/mol. The molecule has 134 valence electrons. The van der Waals surface area contributed by atoms with Gasteiger partial charge in [0.1, 0.15) is 5.82 Å². The van der Waals surface area contributed by atoms with E-state index in [9.17, 15) is 44.3 Å². The minimum atomic E-state index is -6.29. The minimum absolute atomic E-state index is 2.03. The molecular formula is C11Cl3F9O. The molecule has 0 fully saturated rings. The molecule has 13 heteroatoms. The van der Waals surface area contributed by atoms with Gasteiger partial charge in [0.25, 0.3) is 5.24 Å². The normalized spacial score (nSPS) is 20.8. The third-order valence-corrected chi connectivity index (χ3v) is 4.50. The standard InChI is InChI=1S/C11Cl3F9O/c12-7(24)8(13,14)3-4(15)1-2(5(16)6(3)17)10(20,21)11(22,23)9(1,18)19. The van der Waals surface area contributed by atoms with Gasteiger partial charge in [-0.15, -0.1) is 0 Å². The lowest BCUT2D eigenvalue weighted by molar-refractivity contribution is -0.303. The highest BCUT2D eigenvalue weighted by atomic mass is 35.5. The van der Waals surface area contributed by atoms with Crippen molar-refractivity contribution in [1.29, 1.82) is 0 Å². The fraction of sp³-hybridized carbons (Fsp3) is 0.364. The lowest BCUT2D eigenvalue weighted by Crippen LogP contribution is -2.43. The van der Waals surface area contributed by atoms with Crippen molar-refractivity contribution in [1.82, 2.24) is 0 Å². The van der Waals surface area contributed by atoms with Crippen molar-refractivity contribution in [3.63, 3.8) is 0 Å². The molecule has 0 unspecified atom stereocenters. The number of carbonyl (C=O) groups excluding carboxylic acids is 1. The Kier molecular flexibility index (Phi) is 4.11. The van der Waals surface area contributed by atoms with Gasteiger partial charge in [-0.05, 0) is 11.6 Å². The number of benzene rings is 1. The maximum Gasteiger partial charge on any atom is 0.380 e. The maximum atomic E-state index is 14.1. The molecule has 2 rings (SSSR count). The molecule has 1 aromatic carbocycles. The van der Waals surface area contributed by atoms with Crippen LogP contribution < -0.4 is 0 Å². The van der Waals surface area contributed by atoms with Gasteiger partial charge in [0.15, 0.2) is 11.6 Å². The number of carbonyl (C=O) groups is 1. The highest BCUT2D eigenvalue weighted by molar-refractivity contribution is 6.77. The van der Waals surface area contributed by atoms with Crippen LogP contribution in [-0.2, 0) is 21.0 Å². The smallest absolute Gasteiger partial charge is 0.277 e. The van der Waals surface area contributed by atoms with E-state index in [-0.39, 0.29) is 0 Å². The zero-order chi connectivity index (χ0) is 19.0. The molecule has 0 N–H and O–H groups in total. The van der Waals surface area contributed by atoms with E-state index in [2.05, 4.69) is 0 Å². The molecule has 0 bridgehead atoms. The third-order valence-electron chi connectivity index (χ3n) is 3.30. The highest BCUT2D eigenvalue weighted by Crippen LogP contribution is 2.65. The van der Waals surface area contributed by atoms with E-state index >= 15 is 0 Å². The summed E-state index contributed by atoms with van der Waals surface area (Å²) < 4.78 is 119. The molecule has 0 saturated carbocycles. The van der Waals surface area contributed by atoms with Crippen LogP contribution in [0.25, 0.3) is 0 Å². The molecule has 0 saturated heterocycles. The first-order valence-corrected chi connectivity index (χ1v) is 6.61. The first kappa shape index (κ1) is 19.5. The van der Waals surface area contributed by atoms with Gasteiger partial charge in [0, 0.05) is 0 Å². The molecule has 24 heavy (non-hydrogen) atoms. The number of hydrogen-bond donors (Lipinski definition) is 0. The fourth-order valence-corrected chi connectivity index (χ4v) is 2.56. The molecule has 0 radical (unpaired) electrons. The minimum Gasteiger partial charge on any atom is -0.277 e. The first-order chi connectivity index (χ1) is 10.5. The Balaban J connectivity index is 3.06. The topological polar surface area (TPSA) is 17.1 Å². The Morgan fingerprint density at radius 1 is 0.792 bits per heavy atom. The molecule has 0 aliphatic heterocycles. The van der Waals surface area contributed by atoms with Crippen molar-refractivity contribution in [3.8, 4) is 0 Å². The van der Waals surface area contributed by atoms with Crippen molar-refractivity contribution in [3.05, 3.63) is 34.1 Å². The number of fused-ring (bicyclic) bond motifs is 1. The molecule has 0 atom stereocenters. The Hall–Kier alpha value is -0.870. The van der Waals surface area contributed by atoms with E-state index in [1.165, 1.54) is 0 Å². The van der Waals surface area contributed by atoms with Gasteiger partial charge < -0.3 is 0 Å². The van der Waals surface area contributed by atoms with Gasteiger partial charge in [0.2, 0.25) is 4.33 Å². The molecule has 0 amide bonds. The van der Waals surface area contributed by atoms with Gasteiger partial charge in [-0.1, -0.05) is 23.2 Å². The predicted octanol–water partition coefficient (Wildman–Crippen LogP) is 5.33. The average Bonchev–Trinajstić information content (AvgIpc) is 2.51. The van der Waals surface area contributed by atoms with Crippen molar-refractivity contribution < 1.29 is 44.3 Å². The van der Waals surface area contributed by atoms with E-state index in [0.29, 0.717) is 0 Å². The lowest BCUT2D eigenvalue weighted by atomic mass is 9.99. The van der Waals surface area contributed by atoms with Crippen LogP contribution in [-0.4, -0.2) is 11.2 Å². The zero-order valence-corrected chi connectivity index (χ0v) is 12.7. The summed E-state index contributed by atoms with van der Waals surface area (Å²) in [6.45, 7) is 0. The van der Waals surface area contributed by atoms with Crippen molar-refractivity contribution in [2.45, 2.75) is 22.1 Å². The van der Waals surface area contributed by atoms with Crippen LogP contribution in [0.3, 0.4) is 0 Å². The van der Waals surface area contributed by atoms with E-state index in [1.54, 1.807) is 0 Å². The first-order valence-electron chi connectivity index (χ1n) is 5.47. The fourth-order valence-electron chi connectivity index (χ4n) is 2.14. The molecule has 0 heterocycles. The number of alkyl halides is 8. The molecule has 1 aliphatic carbocycles. The maximum absolute atomic E-state index is 14.1. The second kappa shape index (κ2) is 5.07. The second-order valence-electron chi connectivity index (χ2n) is 4.64. The molecular weight excluding hydrogens is 425 g/mol. The van der Waals surface area contributed by atoms with Crippen LogP contribution in [0.15, 0.2) is 0 Å². The van der Waals surface area contributed by atoms with Crippen molar-refractivity contribution in [2.24, 2.45) is 0 Å². The van der Waals surface area contributed by atoms with Gasteiger partial charge in [-0.2, -0.15) is 26.3 Å². The molecule has 0 spiro atoms. The Labute approximate surface area is 141 Å². The zero-order valence-electron chi connectivity index (χ0n) is 10.4. The summed E-state index contributed by atoms with van der Waals surface area (Å²) in [7, 11) is 0. The van der Waals surface area contributed by atoms with Gasteiger partial charge in [-0.3, -0.25) is 4.79 Å². The summed E-state index contributed by atoms with van der Waals surface area (Å²) in [5.74, 6) is -26.8. The van der Waals surface area contributed by atoms with Crippen molar-refractivity contribution in [2.75, 3.05) is 0 Å². The lowest BCUT2D eigenvalue weighted by Gasteiger charge is -2.23. The van der Waals surface area contributed by atoms with Crippen LogP contribution in [0, 0.1) is 17.5 Å². The molecule has 0 aromatic heterocycles. The van der Waals surface area contributed by atoms with Crippen LogP contribution >= 0.6 is 34.8 Å². The molecule has 1 nitrogen and oxygen atoms in total. The highest BCUT2D eigenvalue weighted by Gasteiger charge is 2.81. The average molecular weight is 425 g/mol. The molecule has 1 aliphatic rings. The summed E-state index contributed by atoms with van der Waals surface area (Å²) in [6, 6.07) is 0. The van der Waals surface area contributed by atoms with Crippen LogP contribution in [0.2, 0.25) is 0 Å². The Bertz CT molecular complexity index is 760. The SMILES string of the molecule is O=C(Cl)C(Cl)(Cl)c1c(F)c(F)c2c(c1F)C(F)(F)C(F)(F)C2(F)F.